The molecule has 0 aliphatic heterocycles. The second kappa shape index (κ2) is 7.08. The fourth-order valence-corrected chi connectivity index (χ4v) is 3.36. The number of carbonyl (C=O) groups is 2. The number of benzene rings is 2. The number of hydrogen-bond donors (Lipinski definition) is 3. The zero-order valence-corrected chi connectivity index (χ0v) is 14.7. The summed E-state index contributed by atoms with van der Waals surface area (Å²) in [6.45, 7) is 0. The highest BCUT2D eigenvalue weighted by Crippen LogP contribution is 2.36. The Kier molecular flexibility index (Phi) is 5.38. The van der Waals surface area contributed by atoms with Crippen LogP contribution >= 0.6 is 11.6 Å². The van der Waals surface area contributed by atoms with Crippen LogP contribution in [0.15, 0.2) is 41.3 Å². The number of nitrogens with one attached hydrogen (secondary N) is 1. The molecular formula is C15H11ClF3N3O4S. The van der Waals surface area contributed by atoms with Gasteiger partial charge in [0, 0.05) is 11.1 Å². The van der Waals surface area contributed by atoms with Gasteiger partial charge in [0.25, 0.3) is 10.0 Å². The molecule has 2 aromatic carbocycles. The summed E-state index contributed by atoms with van der Waals surface area (Å²) >= 11 is 5.46. The number of hydrogen-bond acceptors (Lipinski definition) is 4. The second-order valence-electron chi connectivity index (χ2n) is 5.27. The standard InChI is InChI=1S/C15H11ClF3N3O4S/c16-12-2-1-10(6-11(12)15(17,18)19)27(25,26)22-9-4-7(13(20)23)3-8(5-9)14(21)24/h1-6,22H,(H2,20,23)(H2,21,24). The lowest BCUT2D eigenvalue weighted by Crippen LogP contribution is -2.19. The summed E-state index contributed by atoms with van der Waals surface area (Å²) in [5, 5.41) is -0.673. The monoisotopic (exact) mass is 421 g/mol. The number of rotatable bonds is 5. The lowest BCUT2D eigenvalue weighted by atomic mass is 10.1. The van der Waals surface area contributed by atoms with E-state index >= 15 is 0 Å². The molecule has 0 saturated carbocycles. The third-order valence-corrected chi connectivity index (χ3v) is 5.02. The Morgan fingerprint density at radius 2 is 1.48 bits per heavy atom. The number of carbonyl (C=O) groups excluding carboxylic acids is 2. The van der Waals surface area contributed by atoms with Crippen molar-refractivity contribution in [3.05, 3.63) is 58.1 Å². The molecule has 0 unspecified atom stereocenters. The molecule has 0 aliphatic rings. The Labute approximate surface area is 156 Å². The Morgan fingerprint density at radius 1 is 0.963 bits per heavy atom. The quantitative estimate of drug-likeness (QED) is 0.683. The van der Waals surface area contributed by atoms with E-state index in [1.807, 2.05) is 4.72 Å². The maximum Gasteiger partial charge on any atom is 0.417 e. The molecule has 12 heteroatoms. The van der Waals surface area contributed by atoms with E-state index in [4.69, 9.17) is 23.1 Å². The molecule has 0 saturated heterocycles. The smallest absolute Gasteiger partial charge is 0.366 e. The summed E-state index contributed by atoms with van der Waals surface area (Å²) in [6.07, 6.45) is -4.87. The van der Waals surface area contributed by atoms with Crippen molar-refractivity contribution in [2.75, 3.05) is 4.72 Å². The summed E-state index contributed by atoms with van der Waals surface area (Å²) in [7, 11) is -4.51. The summed E-state index contributed by atoms with van der Waals surface area (Å²) < 4.78 is 65.5. The zero-order valence-electron chi connectivity index (χ0n) is 13.2. The molecule has 0 radical (unpaired) electrons. The van der Waals surface area contributed by atoms with Gasteiger partial charge in [-0.15, -0.1) is 0 Å². The van der Waals surface area contributed by atoms with Gasteiger partial charge in [-0.3, -0.25) is 14.3 Å². The summed E-state index contributed by atoms with van der Waals surface area (Å²) in [4.78, 5) is 21.9. The first-order valence-corrected chi connectivity index (χ1v) is 8.81. The molecule has 7 nitrogen and oxygen atoms in total. The van der Waals surface area contributed by atoms with Gasteiger partial charge in [0.15, 0.2) is 0 Å². The topological polar surface area (TPSA) is 132 Å². The largest absolute Gasteiger partial charge is 0.417 e. The van der Waals surface area contributed by atoms with Gasteiger partial charge in [-0.2, -0.15) is 13.2 Å². The van der Waals surface area contributed by atoms with Crippen molar-refractivity contribution in [3.8, 4) is 0 Å². The molecular weight excluding hydrogens is 411 g/mol. The van der Waals surface area contributed by atoms with E-state index in [0.717, 1.165) is 30.3 Å². The van der Waals surface area contributed by atoms with E-state index in [2.05, 4.69) is 0 Å². The highest BCUT2D eigenvalue weighted by Gasteiger charge is 2.34. The van der Waals surface area contributed by atoms with E-state index in [1.54, 1.807) is 0 Å². The first kappa shape index (κ1) is 20.5. The Morgan fingerprint density at radius 3 is 1.93 bits per heavy atom. The molecule has 2 rings (SSSR count). The minimum Gasteiger partial charge on any atom is -0.366 e. The summed E-state index contributed by atoms with van der Waals surface area (Å²) in [5.74, 6) is -1.94. The molecule has 27 heavy (non-hydrogen) atoms. The number of halogens is 4. The average molecular weight is 422 g/mol. The van der Waals surface area contributed by atoms with Crippen molar-refractivity contribution < 1.29 is 31.2 Å². The van der Waals surface area contributed by atoms with Gasteiger partial charge in [-0.25, -0.2) is 8.42 Å². The molecule has 0 heterocycles. The van der Waals surface area contributed by atoms with Crippen LogP contribution in [0.3, 0.4) is 0 Å². The van der Waals surface area contributed by atoms with Gasteiger partial charge in [0.1, 0.15) is 0 Å². The number of amides is 2. The SMILES string of the molecule is NC(=O)c1cc(NS(=O)(=O)c2ccc(Cl)c(C(F)(F)F)c2)cc(C(N)=O)c1. The Bertz CT molecular complexity index is 1010. The number of anilines is 1. The summed E-state index contributed by atoms with van der Waals surface area (Å²) in [6, 6.07) is 5.07. The van der Waals surface area contributed by atoms with Crippen LogP contribution in [0.2, 0.25) is 5.02 Å². The molecule has 0 fully saturated rings. The van der Waals surface area contributed by atoms with Gasteiger partial charge in [-0.05, 0) is 36.4 Å². The maximum absolute atomic E-state index is 12.9. The lowest BCUT2D eigenvalue weighted by molar-refractivity contribution is -0.137. The van der Waals surface area contributed by atoms with Crippen LogP contribution in [0.25, 0.3) is 0 Å². The van der Waals surface area contributed by atoms with Gasteiger partial charge in [0.05, 0.1) is 21.2 Å². The predicted octanol–water partition coefficient (Wildman–Crippen LogP) is 2.36. The van der Waals surface area contributed by atoms with Crippen LogP contribution in [-0.4, -0.2) is 20.2 Å². The summed E-state index contributed by atoms with van der Waals surface area (Å²) in [5.41, 5.74) is 8.13. The minimum absolute atomic E-state index is 0.226. The van der Waals surface area contributed by atoms with Crippen LogP contribution in [0.1, 0.15) is 26.3 Å². The third-order valence-electron chi connectivity index (χ3n) is 3.31. The number of sulfonamides is 1. The second-order valence-corrected chi connectivity index (χ2v) is 7.36. The highest BCUT2D eigenvalue weighted by atomic mass is 35.5. The van der Waals surface area contributed by atoms with E-state index < -0.39 is 43.5 Å². The molecule has 0 bridgehead atoms. The fraction of sp³-hybridized carbons (Fsp3) is 0.0667. The minimum atomic E-state index is -4.87. The van der Waals surface area contributed by atoms with Crippen molar-refractivity contribution in [1.82, 2.24) is 0 Å². The van der Waals surface area contributed by atoms with Crippen LogP contribution in [0.4, 0.5) is 18.9 Å². The van der Waals surface area contributed by atoms with Crippen LogP contribution in [0.5, 0.6) is 0 Å². The molecule has 2 aromatic rings. The van der Waals surface area contributed by atoms with E-state index in [1.165, 1.54) is 0 Å². The van der Waals surface area contributed by atoms with Crippen LogP contribution < -0.4 is 16.2 Å². The molecule has 0 aromatic heterocycles. The number of nitrogens with two attached hydrogens (primary N) is 2. The molecule has 2 amide bonds. The van der Waals surface area contributed by atoms with Crippen LogP contribution in [-0.2, 0) is 16.2 Å². The van der Waals surface area contributed by atoms with E-state index in [0.29, 0.717) is 6.07 Å². The van der Waals surface area contributed by atoms with Gasteiger partial charge in [-0.1, -0.05) is 11.6 Å². The predicted molar refractivity (Wildman–Crippen MR) is 90.7 cm³/mol. The lowest BCUT2D eigenvalue weighted by Gasteiger charge is -2.13. The average Bonchev–Trinajstić information content (AvgIpc) is 2.53. The zero-order chi connectivity index (χ0) is 20.6. The van der Waals surface area contributed by atoms with Gasteiger partial charge < -0.3 is 11.5 Å². The first-order chi connectivity index (χ1) is 12.3. The normalized spacial score (nSPS) is 11.9. The number of alkyl halides is 3. The van der Waals surface area contributed by atoms with Gasteiger partial charge in [0.2, 0.25) is 11.8 Å². The first-order valence-electron chi connectivity index (χ1n) is 6.95. The van der Waals surface area contributed by atoms with Crippen molar-refractivity contribution in [1.29, 1.82) is 0 Å². The molecule has 144 valence electrons. The van der Waals surface area contributed by atoms with Crippen LogP contribution in [0, 0.1) is 0 Å². The molecule has 5 N–H and O–H groups in total. The van der Waals surface area contributed by atoms with E-state index in [-0.39, 0.29) is 16.8 Å². The maximum atomic E-state index is 12.9. The Hall–Kier alpha value is -2.79. The number of primary amides is 2. The van der Waals surface area contributed by atoms with Gasteiger partial charge >= 0.3 is 6.18 Å². The highest BCUT2D eigenvalue weighted by molar-refractivity contribution is 7.92. The van der Waals surface area contributed by atoms with Crippen molar-refractivity contribution in [2.45, 2.75) is 11.1 Å². The van der Waals surface area contributed by atoms with E-state index in [9.17, 15) is 31.2 Å². The molecule has 0 atom stereocenters. The van der Waals surface area contributed by atoms with Crippen molar-refractivity contribution >= 4 is 39.1 Å². The molecule has 0 aliphatic carbocycles. The fourth-order valence-electron chi connectivity index (χ4n) is 2.07. The molecule has 0 spiro atoms. The van der Waals surface area contributed by atoms with Crippen molar-refractivity contribution in [2.24, 2.45) is 11.5 Å². The third kappa shape index (κ3) is 4.68. The van der Waals surface area contributed by atoms with Crippen molar-refractivity contribution in [3.63, 3.8) is 0 Å². The Balaban J connectivity index is 2.51.